The monoisotopic (exact) mass is 536 g/mol. The largest absolute Gasteiger partial charge is 0.573 e. The molecule has 2 atom stereocenters. The number of hydrogen-bond acceptors (Lipinski definition) is 9. The third kappa shape index (κ3) is 6.36. The predicted molar refractivity (Wildman–Crippen MR) is 122 cm³/mol. The van der Waals surface area contributed by atoms with Gasteiger partial charge in [-0.3, -0.25) is 23.9 Å². The summed E-state index contributed by atoms with van der Waals surface area (Å²) in [5.74, 6) is -3.70. The summed E-state index contributed by atoms with van der Waals surface area (Å²) in [5.41, 5.74) is 0.788. The molecule has 3 aromatic rings. The number of anilines is 2. The Morgan fingerprint density at radius 3 is 2.55 bits per heavy atom. The molecule has 1 saturated heterocycles. The molecule has 200 valence electrons. The summed E-state index contributed by atoms with van der Waals surface area (Å²) >= 11 is 0. The molecule has 0 aliphatic carbocycles. The molecule has 15 heteroatoms. The number of rotatable bonds is 7. The molecule has 2 amide bonds. The molecule has 1 aromatic heterocycles. The van der Waals surface area contributed by atoms with Crippen LogP contribution in [0.1, 0.15) is 6.92 Å². The lowest BCUT2D eigenvalue weighted by Crippen LogP contribution is -2.56. The first-order valence-electron chi connectivity index (χ1n) is 10.9. The van der Waals surface area contributed by atoms with E-state index in [1.165, 1.54) is 36.4 Å². The number of nitrogens with zero attached hydrogens (tertiary/aromatic N) is 2. The van der Waals surface area contributed by atoms with Crippen molar-refractivity contribution >= 4 is 29.2 Å². The number of hydrogen-bond donors (Lipinski definition) is 2. The molecule has 1 aliphatic rings. The van der Waals surface area contributed by atoms with E-state index in [9.17, 15) is 32.3 Å². The topological polar surface area (TPSA) is 153 Å². The molecule has 2 heterocycles. The van der Waals surface area contributed by atoms with Gasteiger partial charge in [0.2, 0.25) is 6.10 Å². The highest BCUT2D eigenvalue weighted by molar-refractivity contribution is 6.04. The maximum absolute atomic E-state index is 13.2. The summed E-state index contributed by atoms with van der Waals surface area (Å²) in [4.78, 5) is 52.6. The second-order valence-electron chi connectivity index (χ2n) is 7.87. The number of morpholine rings is 1. The van der Waals surface area contributed by atoms with Gasteiger partial charge in [0, 0.05) is 36.5 Å². The lowest BCUT2D eigenvalue weighted by molar-refractivity contribution is -0.274. The molecule has 0 spiro atoms. The average Bonchev–Trinajstić information content (AvgIpc) is 3.28. The number of benzene rings is 2. The molecule has 0 saturated carbocycles. The second-order valence-corrected chi connectivity index (χ2v) is 7.87. The zero-order valence-electron chi connectivity index (χ0n) is 19.5. The van der Waals surface area contributed by atoms with E-state index in [-0.39, 0.29) is 30.4 Å². The highest BCUT2D eigenvalue weighted by Crippen LogP contribution is 2.29. The van der Waals surface area contributed by atoms with E-state index in [0.717, 1.165) is 24.0 Å². The fourth-order valence-electron chi connectivity index (χ4n) is 3.64. The summed E-state index contributed by atoms with van der Waals surface area (Å²) in [6.45, 7) is 0.901. The highest BCUT2D eigenvalue weighted by Gasteiger charge is 2.43. The zero-order chi connectivity index (χ0) is 27.4. The fourth-order valence-corrected chi connectivity index (χ4v) is 3.64. The van der Waals surface area contributed by atoms with Crippen LogP contribution in [0.5, 0.6) is 5.75 Å². The smallest absolute Gasteiger partial charge is 0.449 e. The van der Waals surface area contributed by atoms with Gasteiger partial charge in [0.05, 0.1) is 6.61 Å². The van der Waals surface area contributed by atoms with Crippen molar-refractivity contribution in [3.63, 3.8) is 0 Å². The zero-order valence-corrected chi connectivity index (χ0v) is 19.5. The first kappa shape index (κ1) is 26.4. The van der Waals surface area contributed by atoms with Crippen LogP contribution in [0.2, 0.25) is 0 Å². The van der Waals surface area contributed by atoms with Crippen molar-refractivity contribution in [3.05, 3.63) is 59.1 Å². The second kappa shape index (κ2) is 10.8. The number of halogens is 3. The number of H-pyrrole nitrogens is 1. The number of amides is 2. The van der Waals surface area contributed by atoms with E-state index in [1.807, 2.05) is 0 Å². The van der Waals surface area contributed by atoms with E-state index in [4.69, 9.17) is 9.47 Å². The minimum absolute atomic E-state index is 0.0369. The normalized spacial score (nSPS) is 16.6. The maximum Gasteiger partial charge on any atom is 0.573 e. The Labute approximate surface area is 211 Å². The van der Waals surface area contributed by atoms with Crippen molar-refractivity contribution in [2.24, 2.45) is 0 Å². The van der Waals surface area contributed by atoms with Crippen LogP contribution in [-0.4, -0.2) is 59.6 Å². The summed E-state index contributed by atoms with van der Waals surface area (Å²) in [6, 6.07) is 10.7. The molecular formula is C23H19F3N4O8. The van der Waals surface area contributed by atoms with Gasteiger partial charge in [-0.15, -0.1) is 13.2 Å². The van der Waals surface area contributed by atoms with Gasteiger partial charge in [0.1, 0.15) is 5.75 Å². The van der Waals surface area contributed by atoms with Gasteiger partial charge < -0.3 is 24.4 Å². The third-order valence-electron chi connectivity index (χ3n) is 5.18. The summed E-state index contributed by atoms with van der Waals surface area (Å²) in [7, 11) is 0. The van der Waals surface area contributed by atoms with Crippen molar-refractivity contribution in [2.45, 2.75) is 25.5 Å². The molecule has 0 bridgehead atoms. The van der Waals surface area contributed by atoms with E-state index in [2.05, 4.69) is 24.7 Å². The van der Waals surface area contributed by atoms with Crippen LogP contribution >= 0.6 is 0 Å². The van der Waals surface area contributed by atoms with Gasteiger partial charge in [-0.1, -0.05) is 11.2 Å². The van der Waals surface area contributed by atoms with Crippen LogP contribution in [0.15, 0.2) is 57.8 Å². The van der Waals surface area contributed by atoms with Gasteiger partial charge in [-0.25, -0.2) is 4.79 Å². The Kier molecular flexibility index (Phi) is 7.47. The minimum Gasteiger partial charge on any atom is -0.449 e. The third-order valence-corrected chi connectivity index (χ3v) is 5.18. The van der Waals surface area contributed by atoms with Crippen molar-refractivity contribution in [1.29, 1.82) is 0 Å². The Hall–Kier alpha value is -4.66. The number of aromatic nitrogens is 2. The standard InChI is InChI=1S/C23H19F3N4O8/c1-12(31)36-17(20(32)27-14-7-5-13(6-8-14)19-28-22(34)38-29-19)18-21(33)30(9-10-35-18)15-3-2-4-16(11-15)37-23(24,25)26/h2-8,11,17-18H,9-10H2,1H3,(H,27,32)(H,28,29,34)/t17-,18-/m1/s1. The molecule has 2 N–H and O–H groups in total. The number of aromatic amines is 1. The average molecular weight is 536 g/mol. The Balaban J connectivity index is 1.52. The number of carbonyl (C=O) groups is 3. The lowest BCUT2D eigenvalue weighted by Gasteiger charge is -2.35. The van der Waals surface area contributed by atoms with Crippen molar-refractivity contribution in [3.8, 4) is 17.1 Å². The number of carbonyl (C=O) groups excluding carboxylic acids is 3. The van der Waals surface area contributed by atoms with Crippen molar-refractivity contribution in [1.82, 2.24) is 10.1 Å². The number of esters is 1. The molecule has 38 heavy (non-hydrogen) atoms. The summed E-state index contributed by atoms with van der Waals surface area (Å²) < 4.78 is 56.8. The summed E-state index contributed by atoms with van der Waals surface area (Å²) in [5, 5.41) is 6.06. The lowest BCUT2D eigenvalue weighted by atomic mass is 10.1. The number of ether oxygens (including phenoxy) is 3. The molecule has 1 fully saturated rings. The van der Waals surface area contributed by atoms with Gasteiger partial charge in [-0.2, -0.15) is 0 Å². The molecule has 12 nitrogen and oxygen atoms in total. The highest BCUT2D eigenvalue weighted by atomic mass is 19.4. The Morgan fingerprint density at radius 2 is 1.92 bits per heavy atom. The van der Waals surface area contributed by atoms with E-state index >= 15 is 0 Å². The maximum atomic E-state index is 13.2. The van der Waals surface area contributed by atoms with Crippen LogP contribution in [0.25, 0.3) is 11.4 Å². The fraction of sp³-hybridized carbons (Fsp3) is 0.261. The molecule has 0 radical (unpaired) electrons. The van der Waals surface area contributed by atoms with Crippen molar-refractivity contribution < 1.29 is 46.3 Å². The number of nitrogens with one attached hydrogen (secondary N) is 2. The predicted octanol–water partition coefficient (Wildman–Crippen LogP) is 2.23. The molecule has 2 aromatic carbocycles. The molecular weight excluding hydrogens is 517 g/mol. The quantitative estimate of drug-likeness (QED) is 0.433. The first-order valence-corrected chi connectivity index (χ1v) is 10.9. The minimum atomic E-state index is -4.93. The molecule has 1 aliphatic heterocycles. The van der Waals surface area contributed by atoms with Crippen LogP contribution in [-0.2, 0) is 23.9 Å². The summed E-state index contributed by atoms with van der Waals surface area (Å²) in [6.07, 6.45) is -8.23. The van der Waals surface area contributed by atoms with Crippen LogP contribution in [0.4, 0.5) is 24.5 Å². The van der Waals surface area contributed by atoms with Crippen molar-refractivity contribution in [2.75, 3.05) is 23.4 Å². The SMILES string of the molecule is CC(=O)O[C@@H](C(=O)Nc1ccc(-c2noc(=O)[nH]2)cc1)[C@H]1OCCN(c2cccc(OC(F)(F)F)c2)C1=O. The molecule has 0 unspecified atom stereocenters. The molecule has 4 rings (SSSR count). The first-order chi connectivity index (χ1) is 18.0. The Bertz CT molecular complexity index is 1390. The van der Waals surface area contributed by atoms with E-state index < -0.39 is 47.9 Å². The van der Waals surface area contributed by atoms with Crippen LogP contribution in [0, 0.1) is 0 Å². The van der Waals surface area contributed by atoms with Crippen LogP contribution in [0.3, 0.4) is 0 Å². The Morgan fingerprint density at radius 1 is 1.18 bits per heavy atom. The van der Waals surface area contributed by atoms with Gasteiger partial charge in [0.15, 0.2) is 11.9 Å². The van der Waals surface area contributed by atoms with Gasteiger partial charge in [0.25, 0.3) is 11.8 Å². The van der Waals surface area contributed by atoms with Gasteiger partial charge >= 0.3 is 18.1 Å². The van der Waals surface area contributed by atoms with E-state index in [1.54, 1.807) is 0 Å². The van der Waals surface area contributed by atoms with Gasteiger partial charge in [-0.05, 0) is 36.4 Å². The number of alkyl halides is 3. The van der Waals surface area contributed by atoms with Crippen LogP contribution < -0.4 is 20.7 Å². The van der Waals surface area contributed by atoms with E-state index in [0.29, 0.717) is 5.56 Å².